The Morgan fingerprint density at radius 2 is 2.15 bits per heavy atom. The zero-order chi connectivity index (χ0) is 15.0. The van der Waals surface area contributed by atoms with Crippen LogP contribution in [0.25, 0.3) is 0 Å². The van der Waals surface area contributed by atoms with E-state index in [4.69, 9.17) is 18.9 Å². The highest BCUT2D eigenvalue weighted by Crippen LogP contribution is 2.11. The molecule has 1 fully saturated rings. The molecule has 1 rings (SSSR count). The molecular weight excluding hydrogens is 264 g/mol. The van der Waals surface area contributed by atoms with Crippen LogP contribution in [-0.2, 0) is 28.5 Å². The summed E-state index contributed by atoms with van der Waals surface area (Å²) in [6.45, 7) is 8.12. The van der Waals surface area contributed by atoms with Crippen LogP contribution < -0.4 is 0 Å². The van der Waals surface area contributed by atoms with Gasteiger partial charge in [-0.05, 0) is 26.7 Å². The van der Waals surface area contributed by atoms with E-state index in [0.717, 1.165) is 19.4 Å². The highest BCUT2D eigenvalue weighted by Gasteiger charge is 2.19. The second-order valence-electron chi connectivity index (χ2n) is 4.71. The van der Waals surface area contributed by atoms with E-state index in [0.29, 0.717) is 13.2 Å². The quantitative estimate of drug-likeness (QED) is 0.380. The second-order valence-corrected chi connectivity index (χ2v) is 4.71. The molecule has 1 aliphatic rings. The van der Waals surface area contributed by atoms with E-state index in [-0.39, 0.29) is 18.3 Å². The Kier molecular flexibility index (Phi) is 7.25. The van der Waals surface area contributed by atoms with Crippen LogP contribution in [0.2, 0.25) is 0 Å². The molecule has 6 nitrogen and oxygen atoms in total. The predicted octanol–water partition coefficient (Wildman–Crippen LogP) is 1.23. The zero-order valence-electron chi connectivity index (χ0n) is 12.1. The Labute approximate surface area is 119 Å². The van der Waals surface area contributed by atoms with Gasteiger partial charge in [0.15, 0.2) is 6.10 Å². The largest absolute Gasteiger partial charge is 0.461 e. The molecule has 6 heteroatoms. The first-order chi connectivity index (χ1) is 9.50. The zero-order valence-corrected chi connectivity index (χ0v) is 12.1. The number of carbonyl (C=O) groups excluding carboxylic acids is 2. The first-order valence-corrected chi connectivity index (χ1v) is 6.73. The Balaban J connectivity index is 2.06. The van der Waals surface area contributed by atoms with Gasteiger partial charge in [0, 0.05) is 12.2 Å². The minimum Gasteiger partial charge on any atom is -0.461 e. The van der Waals surface area contributed by atoms with E-state index in [2.05, 4.69) is 6.58 Å². The van der Waals surface area contributed by atoms with Crippen molar-refractivity contribution in [2.45, 2.75) is 38.9 Å². The lowest BCUT2D eigenvalue weighted by molar-refractivity contribution is -0.165. The highest BCUT2D eigenvalue weighted by molar-refractivity contribution is 5.89. The van der Waals surface area contributed by atoms with Crippen molar-refractivity contribution in [1.82, 2.24) is 0 Å². The molecule has 0 saturated carbocycles. The third kappa shape index (κ3) is 6.16. The van der Waals surface area contributed by atoms with Gasteiger partial charge in [-0.3, -0.25) is 0 Å². The third-order valence-electron chi connectivity index (χ3n) is 2.76. The molecule has 2 unspecified atom stereocenters. The molecule has 0 amide bonds. The van der Waals surface area contributed by atoms with Gasteiger partial charge in [-0.2, -0.15) is 0 Å². The number of esters is 2. The van der Waals surface area contributed by atoms with Gasteiger partial charge >= 0.3 is 11.9 Å². The lowest BCUT2D eigenvalue weighted by atomic mass is 10.2. The number of carbonyl (C=O) groups is 2. The number of hydrogen-bond donors (Lipinski definition) is 0. The van der Waals surface area contributed by atoms with E-state index in [1.54, 1.807) is 0 Å². The van der Waals surface area contributed by atoms with E-state index < -0.39 is 18.0 Å². The summed E-state index contributed by atoms with van der Waals surface area (Å²) in [5, 5.41) is 0. The van der Waals surface area contributed by atoms with E-state index in [1.165, 1.54) is 13.8 Å². The smallest absolute Gasteiger partial charge is 0.347 e. The van der Waals surface area contributed by atoms with Gasteiger partial charge in [-0.15, -0.1) is 0 Å². The molecule has 20 heavy (non-hydrogen) atoms. The Hall–Kier alpha value is -1.40. The van der Waals surface area contributed by atoms with Crippen molar-refractivity contribution in [1.29, 1.82) is 0 Å². The summed E-state index contributed by atoms with van der Waals surface area (Å²) in [6, 6.07) is 0. The van der Waals surface area contributed by atoms with Gasteiger partial charge in [0.1, 0.15) is 6.61 Å². The van der Waals surface area contributed by atoms with Crippen LogP contribution in [0.3, 0.4) is 0 Å². The molecule has 1 heterocycles. The molecule has 0 radical (unpaired) electrons. The monoisotopic (exact) mass is 286 g/mol. The maximum absolute atomic E-state index is 11.5. The molecule has 0 spiro atoms. The summed E-state index contributed by atoms with van der Waals surface area (Å²) >= 11 is 0. The van der Waals surface area contributed by atoms with Crippen LogP contribution >= 0.6 is 0 Å². The minimum atomic E-state index is -0.947. The van der Waals surface area contributed by atoms with Gasteiger partial charge < -0.3 is 18.9 Å². The molecule has 0 bridgehead atoms. The van der Waals surface area contributed by atoms with Crippen molar-refractivity contribution in [3.8, 4) is 0 Å². The summed E-state index contributed by atoms with van der Waals surface area (Å²) in [5.41, 5.74) is 0.240. The lowest BCUT2D eigenvalue weighted by Gasteiger charge is -2.13. The van der Waals surface area contributed by atoms with Gasteiger partial charge in [0.2, 0.25) is 0 Å². The molecule has 114 valence electrons. The van der Waals surface area contributed by atoms with Crippen molar-refractivity contribution < 1.29 is 28.5 Å². The number of rotatable bonds is 8. The van der Waals surface area contributed by atoms with Crippen LogP contribution in [0.1, 0.15) is 26.7 Å². The molecule has 0 aromatic heterocycles. The fourth-order valence-electron chi connectivity index (χ4n) is 1.62. The topological polar surface area (TPSA) is 71.1 Å². The fraction of sp³-hybridized carbons (Fsp3) is 0.714. The molecule has 1 aliphatic heterocycles. The van der Waals surface area contributed by atoms with Crippen LogP contribution in [0.5, 0.6) is 0 Å². The van der Waals surface area contributed by atoms with Crippen molar-refractivity contribution in [2.75, 3.05) is 26.4 Å². The maximum atomic E-state index is 11.5. The summed E-state index contributed by atoms with van der Waals surface area (Å²) in [6.07, 6.45) is 1.28. The lowest BCUT2D eigenvalue weighted by Crippen LogP contribution is -2.27. The van der Waals surface area contributed by atoms with E-state index in [9.17, 15) is 9.59 Å². The molecule has 0 N–H and O–H groups in total. The summed E-state index contributed by atoms with van der Waals surface area (Å²) < 4.78 is 20.5. The first kappa shape index (κ1) is 16.7. The van der Waals surface area contributed by atoms with Gasteiger partial charge in [-0.25, -0.2) is 9.59 Å². The Bertz CT molecular complexity index is 346. The van der Waals surface area contributed by atoms with Crippen molar-refractivity contribution in [3.63, 3.8) is 0 Å². The minimum absolute atomic E-state index is 0.126. The highest BCUT2D eigenvalue weighted by atomic mass is 16.6. The van der Waals surface area contributed by atoms with Crippen LogP contribution in [0, 0.1) is 0 Å². The SMILES string of the molecule is C=C(C)C(=O)OC(C)C(=O)OCCOCC1CCCO1. The standard InChI is InChI=1S/C14H22O6/c1-10(2)13(15)20-11(3)14(16)19-8-7-17-9-12-5-4-6-18-12/h11-12H,1,4-9H2,2-3H3. The van der Waals surface area contributed by atoms with Crippen LogP contribution in [0.4, 0.5) is 0 Å². The molecule has 0 aliphatic carbocycles. The molecular formula is C14H22O6. The fourth-order valence-corrected chi connectivity index (χ4v) is 1.62. The average Bonchev–Trinajstić information content (AvgIpc) is 2.90. The van der Waals surface area contributed by atoms with E-state index in [1.807, 2.05) is 0 Å². The van der Waals surface area contributed by atoms with E-state index >= 15 is 0 Å². The summed E-state index contributed by atoms with van der Waals surface area (Å²) in [4.78, 5) is 22.7. The number of hydrogen-bond acceptors (Lipinski definition) is 6. The molecule has 2 atom stereocenters. The van der Waals surface area contributed by atoms with Crippen molar-refractivity contribution in [3.05, 3.63) is 12.2 Å². The second kappa shape index (κ2) is 8.71. The summed E-state index contributed by atoms with van der Waals surface area (Å²) in [5.74, 6) is -1.20. The molecule has 0 aromatic carbocycles. The Morgan fingerprint density at radius 3 is 2.75 bits per heavy atom. The van der Waals surface area contributed by atoms with Gasteiger partial charge in [-0.1, -0.05) is 6.58 Å². The van der Waals surface area contributed by atoms with Crippen molar-refractivity contribution >= 4 is 11.9 Å². The first-order valence-electron chi connectivity index (χ1n) is 6.73. The molecule has 1 saturated heterocycles. The third-order valence-corrected chi connectivity index (χ3v) is 2.76. The predicted molar refractivity (Wildman–Crippen MR) is 71.1 cm³/mol. The molecule has 0 aromatic rings. The van der Waals surface area contributed by atoms with Crippen LogP contribution in [0.15, 0.2) is 12.2 Å². The van der Waals surface area contributed by atoms with Gasteiger partial charge in [0.25, 0.3) is 0 Å². The Morgan fingerprint density at radius 1 is 1.40 bits per heavy atom. The normalized spacial score (nSPS) is 19.4. The van der Waals surface area contributed by atoms with Gasteiger partial charge in [0.05, 0.1) is 19.3 Å². The summed E-state index contributed by atoms with van der Waals surface area (Å²) in [7, 11) is 0. The maximum Gasteiger partial charge on any atom is 0.347 e. The number of ether oxygens (including phenoxy) is 4. The average molecular weight is 286 g/mol. The van der Waals surface area contributed by atoms with Crippen LogP contribution in [-0.4, -0.2) is 50.6 Å². The van der Waals surface area contributed by atoms with Crippen molar-refractivity contribution in [2.24, 2.45) is 0 Å².